The maximum absolute atomic E-state index is 12.5. The second-order valence-electron chi connectivity index (χ2n) is 6.88. The minimum Gasteiger partial charge on any atom is -0.464 e. The number of fused-ring (bicyclic) bond motifs is 1. The fourth-order valence-corrected chi connectivity index (χ4v) is 3.60. The number of aryl methyl sites for hydroxylation is 2. The molecule has 5 heteroatoms. The van der Waals surface area contributed by atoms with Gasteiger partial charge in [0.1, 0.15) is 11.1 Å². The van der Waals surface area contributed by atoms with Crippen LogP contribution in [0.1, 0.15) is 48.8 Å². The predicted octanol–water partition coefficient (Wildman–Crippen LogP) is 2.90. The molecule has 1 fully saturated rings. The van der Waals surface area contributed by atoms with E-state index in [1.165, 1.54) is 0 Å². The minimum absolute atomic E-state index is 0.184. The van der Waals surface area contributed by atoms with Gasteiger partial charge in [-0.05, 0) is 37.8 Å². The molecular weight excluding hydrogens is 304 g/mol. The van der Waals surface area contributed by atoms with E-state index in [-0.39, 0.29) is 12.3 Å². The van der Waals surface area contributed by atoms with E-state index in [1.54, 1.807) is 6.26 Å². The summed E-state index contributed by atoms with van der Waals surface area (Å²) in [5, 5.41) is 3.85. The molecule has 24 heavy (non-hydrogen) atoms. The van der Waals surface area contributed by atoms with E-state index in [0.717, 1.165) is 46.9 Å². The average Bonchev–Trinajstić information content (AvgIpc) is 2.95. The van der Waals surface area contributed by atoms with Gasteiger partial charge in [-0.25, -0.2) is 0 Å². The lowest BCUT2D eigenvalue weighted by Crippen LogP contribution is -2.58. The Morgan fingerprint density at radius 3 is 2.58 bits per heavy atom. The second kappa shape index (κ2) is 6.30. The molecule has 0 saturated heterocycles. The summed E-state index contributed by atoms with van der Waals surface area (Å²) < 4.78 is 5.65. The maximum Gasteiger partial charge on any atom is 0.243 e. The van der Waals surface area contributed by atoms with Gasteiger partial charge in [0.2, 0.25) is 11.8 Å². The highest BCUT2D eigenvalue weighted by atomic mass is 16.3. The van der Waals surface area contributed by atoms with Crippen LogP contribution in [0.3, 0.4) is 0 Å². The Labute approximate surface area is 141 Å². The van der Waals surface area contributed by atoms with Crippen LogP contribution in [0.2, 0.25) is 0 Å². The van der Waals surface area contributed by atoms with Gasteiger partial charge in [0, 0.05) is 10.9 Å². The van der Waals surface area contributed by atoms with Crippen LogP contribution in [0.15, 0.2) is 22.8 Å². The third-order valence-electron chi connectivity index (χ3n) is 5.25. The van der Waals surface area contributed by atoms with Gasteiger partial charge in [0.25, 0.3) is 0 Å². The molecule has 1 aromatic heterocycles. The number of carbonyl (C=O) groups excluding carboxylic acids is 2. The van der Waals surface area contributed by atoms with Gasteiger partial charge >= 0.3 is 0 Å². The molecule has 1 aliphatic carbocycles. The Morgan fingerprint density at radius 1 is 1.21 bits per heavy atom. The number of furan rings is 1. The van der Waals surface area contributed by atoms with Crippen LogP contribution < -0.4 is 11.1 Å². The summed E-state index contributed by atoms with van der Waals surface area (Å²) >= 11 is 0. The van der Waals surface area contributed by atoms with Crippen LogP contribution in [0.5, 0.6) is 0 Å². The first-order valence-electron chi connectivity index (χ1n) is 8.50. The van der Waals surface area contributed by atoms with Crippen LogP contribution in [0.4, 0.5) is 0 Å². The van der Waals surface area contributed by atoms with Crippen LogP contribution in [0, 0.1) is 13.8 Å². The van der Waals surface area contributed by atoms with E-state index in [2.05, 4.69) is 5.32 Å². The molecular formula is C19H24N2O3. The minimum atomic E-state index is -0.888. The molecule has 0 aliphatic heterocycles. The van der Waals surface area contributed by atoms with Crippen molar-refractivity contribution in [1.29, 1.82) is 0 Å². The molecule has 5 nitrogen and oxygen atoms in total. The predicted molar refractivity (Wildman–Crippen MR) is 92.5 cm³/mol. The zero-order chi connectivity index (χ0) is 17.3. The van der Waals surface area contributed by atoms with Gasteiger partial charge in [-0.2, -0.15) is 0 Å². The van der Waals surface area contributed by atoms with Crippen molar-refractivity contribution in [2.24, 2.45) is 5.73 Å². The van der Waals surface area contributed by atoms with E-state index >= 15 is 0 Å². The monoisotopic (exact) mass is 328 g/mol. The summed E-state index contributed by atoms with van der Waals surface area (Å²) in [7, 11) is 0. The standard InChI is InChI=1S/C19H24N2O3/c1-12-6-7-15-14(11-24-17(15)13(12)2)10-16(22)21-19(18(20)23)8-4-3-5-9-19/h6-7,11H,3-5,8-10H2,1-2H3,(H2,20,23)(H,21,22). The summed E-state index contributed by atoms with van der Waals surface area (Å²) in [5.41, 5.74) is 8.58. The number of hydrogen-bond acceptors (Lipinski definition) is 3. The topological polar surface area (TPSA) is 85.3 Å². The number of hydrogen-bond donors (Lipinski definition) is 2. The first-order valence-corrected chi connectivity index (χ1v) is 8.50. The van der Waals surface area contributed by atoms with Crippen molar-refractivity contribution in [3.8, 4) is 0 Å². The van der Waals surface area contributed by atoms with Gasteiger partial charge < -0.3 is 15.5 Å². The van der Waals surface area contributed by atoms with Gasteiger partial charge in [-0.1, -0.05) is 31.4 Å². The molecule has 2 amide bonds. The van der Waals surface area contributed by atoms with Crippen molar-refractivity contribution >= 4 is 22.8 Å². The van der Waals surface area contributed by atoms with Crippen molar-refractivity contribution < 1.29 is 14.0 Å². The molecule has 0 spiro atoms. The first kappa shape index (κ1) is 16.6. The number of rotatable bonds is 4. The van der Waals surface area contributed by atoms with Crippen LogP contribution in [-0.2, 0) is 16.0 Å². The lowest BCUT2D eigenvalue weighted by molar-refractivity contribution is -0.132. The smallest absolute Gasteiger partial charge is 0.243 e. The lowest BCUT2D eigenvalue weighted by Gasteiger charge is -2.35. The van der Waals surface area contributed by atoms with Crippen molar-refractivity contribution in [1.82, 2.24) is 5.32 Å². The Bertz CT molecular complexity index is 785. The van der Waals surface area contributed by atoms with Crippen molar-refractivity contribution in [3.05, 3.63) is 35.1 Å². The number of carbonyl (C=O) groups is 2. The molecule has 1 heterocycles. The number of nitrogens with one attached hydrogen (secondary N) is 1. The molecule has 1 aliphatic rings. The molecule has 1 saturated carbocycles. The molecule has 0 bridgehead atoms. The quantitative estimate of drug-likeness (QED) is 0.905. The summed E-state index contributed by atoms with van der Waals surface area (Å²) in [6.07, 6.45) is 5.97. The van der Waals surface area contributed by atoms with Crippen molar-refractivity contribution in [2.45, 2.75) is 57.9 Å². The average molecular weight is 328 g/mol. The number of primary amides is 1. The largest absolute Gasteiger partial charge is 0.464 e. The second-order valence-corrected chi connectivity index (χ2v) is 6.88. The van der Waals surface area contributed by atoms with Gasteiger partial charge in [0.05, 0.1) is 12.7 Å². The van der Waals surface area contributed by atoms with Crippen LogP contribution >= 0.6 is 0 Å². The number of benzene rings is 1. The molecule has 0 radical (unpaired) electrons. The summed E-state index contributed by atoms with van der Waals surface area (Å²) in [6, 6.07) is 4.01. The Hall–Kier alpha value is -2.30. The summed E-state index contributed by atoms with van der Waals surface area (Å²) in [5.74, 6) is -0.615. The Morgan fingerprint density at radius 2 is 1.92 bits per heavy atom. The van der Waals surface area contributed by atoms with Crippen molar-refractivity contribution in [2.75, 3.05) is 0 Å². The highest BCUT2D eigenvalue weighted by molar-refractivity contribution is 5.93. The number of amides is 2. The van der Waals surface area contributed by atoms with Crippen LogP contribution in [-0.4, -0.2) is 17.4 Å². The molecule has 128 valence electrons. The molecule has 3 N–H and O–H groups in total. The highest BCUT2D eigenvalue weighted by Crippen LogP contribution is 2.29. The summed E-state index contributed by atoms with van der Waals surface area (Å²) in [6.45, 7) is 4.04. The SMILES string of the molecule is Cc1ccc2c(CC(=O)NC3(C(N)=O)CCCCC3)coc2c1C. The van der Waals surface area contributed by atoms with E-state index in [1.807, 2.05) is 26.0 Å². The third-order valence-corrected chi connectivity index (χ3v) is 5.25. The fraction of sp³-hybridized carbons (Fsp3) is 0.474. The molecule has 0 unspecified atom stereocenters. The summed E-state index contributed by atoms with van der Waals surface area (Å²) in [4.78, 5) is 24.4. The third kappa shape index (κ3) is 2.90. The van der Waals surface area contributed by atoms with Gasteiger partial charge in [-0.15, -0.1) is 0 Å². The lowest BCUT2D eigenvalue weighted by atomic mass is 9.81. The Balaban J connectivity index is 1.80. The zero-order valence-electron chi connectivity index (χ0n) is 14.3. The van der Waals surface area contributed by atoms with E-state index in [4.69, 9.17) is 10.2 Å². The van der Waals surface area contributed by atoms with E-state index < -0.39 is 11.4 Å². The Kier molecular flexibility index (Phi) is 4.35. The van der Waals surface area contributed by atoms with Crippen LogP contribution in [0.25, 0.3) is 11.0 Å². The van der Waals surface area contributed by atoms with Crippen molar-refractivity contribution in [3.63, 3.8) is 0 Å². The molecule has 3 rings (SSSR count). The molecule has 0 atom stereocenters. The number of nitrogens with two attached hydrogens (primary N) is 1. The first-order chi connectivity index (χ1) is 11.4. The highest BCUT2D eigenvalue weighted by Gasteiger charge is 2.39. The maximum atomic E-state index is 12.5. The zero-order valence-corrected chi connectivity index (χ0v) is 14.3. The van der Waals surface area contributed by atoms with E-state index in [0.29, 0.717) is 12.8 Å². The van der Waals surface area contributed by atoms with E-state index in [9.17, 15) is 9.59 Å². The molecule has 1 aromatic carbocycles. The van der Waals surface area contributed by atoms with Gasteiger partial charge in [-0.3, -0.25) is 9.59 Å². The molecule has 2 aromatic rings. The van der Waals surface area contributed by atoms with Gasteiger partial charge in [0.15, 0.2) is 0 Å². The fourth-order valence-electron chi connectivity index (χ4n) is 3.60. The normalized spacial score (nSPS) is 16.9.